The van der Waals surface area contributed by atoms with Crippen molar-refractivity contribution < 1.29 is 4.74 Å². The molecule has 3 rings (SSSR count). The summed E-state index contributed by atoms with van der Waals surface area (Å²) in [6, 6.07) is 18.3. The first-order chi connectivity index (χ1) is 13.2. The van der Waals surface area contributed by atoms with Gasteiger partial charge in [0.2, 0.25) is 5.95 Å². The lowest BCUT2D eigenvalue weighted by molar-refractivity contribution is 0.414. The number of hydrogen-bond donors (Lipinski definition) is 2. The number of anilines is 3. The van der Waals surface area contributed by atoms with Crippen molar-refractivity contribution in [1.82, 2.24) is 9.97 Å². The Balaban J connectivity index is 1.60. The maximum Gasteiger partial charge on any atom is 0.224 e. The Morgan fingerprint density at radius 1 is 1.00 bits per heavy atom. The molecule has 0 aliphatic rings. The first-order valence-electron chi connectivity index (χ1n) is 9.21. The lowest BCUT2D eigenvalue weighted by atomic mass is 10.0. The molecule has 0 aliphatic carbocycles. The molecule has 27 heavy (non-hydrogen) atoms. The summed E-state index contributed by atoms with van der Waals surface area (Å²) >= 11 is 0. The minimum Gasteiger partial charge on any atom is -0.497 e. The molecule has 5 heteroatoms. The van der Waals surface area contributed by atoms with Crippen LogP contribution < -0.4 is 15.4 Å². The van der Waals surface area contributed by atoms with Gasteiger partial charge in [0.25, 0.3) is 0 Å². The maximum absolute atomic E-state index is 5.19. The first-order valence-corrected chi connectivity index (χ1v) is 9.21. The molecule has 2 N–H and O–H groups in total. The van der Waals surface area contributed by atoms with E-state index >= 15 is 0 Å². The second-order valence-corrected chi connectivity index (χ2v) is 6.66. The number of benzene rings is 2. The van der Waals surface area contributed by atoms with Gasteiger partial charge in [0.1, 0.15) is 11.6 Å². The highest BCUT2D eigenvalue weighted by Crippen LogP contribution is 2.26. The van der Waals surface area contributed by atoms with E-state index < -0.39 is 0 Å². The molecule has 0 fully saturated rings. The molecule has 0 unspecified atom stereocenters. The highest BCUT2D eigenvalue weighted by Gasteiger charge is 2.07. The van der Waals surface area contributed by atoms with Gasteiger partial charge in [-0.15, -0.1) is 0 Å². The Morgan fingerprint density at radius 2 is 1.78 bits per heavy atom. The molecular formula is C22H26N4O. The fourth-order valence-corrected chi connectivity index (χ4v) is 2.88. The molecule has 0 radical (unpaired) electrons. The van der Waals surface area contributed by atoms with E-state index in [4.69, 9.17) is 4.74 Å². The Hall–Kier alpha value is -3.08. The van der Waals surface area contributed by atoms with Crippen LogP contribution in [0.5, 0.6) is 5.75 Å². The fraction of sp³-hybridized carbons (Fsp3) is 0.273. The van der Waals surface area contributed by atoms with Crippen LogP contribution in [-0.2, 0) is 6.42 Å². The second kappa shape index (κ2) is 9.03. The molecule has 2 aromatic carbocycles. The number of para-hydroxylation sites is 1. The predicted molar refractivity (Wildman–Crippen MR) is 111 cm³/mol. The third-order valence-corrected chi connectivity index (χ3v) is 4.36. The molecule has 1 aromatic heterocycles. The van der Waals surface area contributed by atoms with Gasteiger partial charge in [-0.1, -0.05) is 44.2 Å². The third-order valence-electron chi connectivity index (χ3n) is 4.36. The van der Waals surface area contributed by atoms with Gasteiger partial charge < -0.3 is 15.4 Å². The van der Waals surface area contributed by atoms with Gasteiger partial charge >= 0.3 is 0 Å². The van der Waals surface area contributed by atoms with Crippen molar-refractivity contribution >= 4 is 17.5 Å². The Kier molecular flexibility index (Phi) is 6.26. The standard InChI is InChI=1S/C22H26N4O/c1-16(2)19-6-4-5-7-20(19)25-21-13-15-24-22(26-21)23-14-12-17-8-10-18(27-3)11-9-17/h4-11,13,15-16H,12,14H2,1-3H3,(H2,23,24,25,26). The summed E-state index contributed by atoms with van der Waals surface area (Å²) in [7, 11) is 1.68. The number of hydrogen-bond acceptors (Lipinski definition) is 5. The van der Waals surface area contributed by atoms with E-state index in [1.54, 1.807) is 13.3 Å². The van der Waals surface area contributed by atoms with Crippen LogP contribution in [0.15, 0.2) is 60.8 Å². The van der Waals surface area contributed by atoms with Gasteiger partial charge in [-0.25, -0.2) is 4.98 Å². The zero-order valence-electron chi connectivity index (χ0n) is 16.1. The highest BCUT2D eigenvalue weighted by atomic mass is 16.5. The van der Waals surface area contributed by atoms with Gasteiger partial charge in [-0.3, -0.25) is 0 Å². The number of methoxy groups -OCH3 is 1. The van der Waals surface area contributed by atoms with E-state index in [9.17, 15) is 0 Å². The van der Waals surface area contributed by atoms with Crippen LogP contribution in [0, 0.1) is 0 Å². The number of rotatable bonds is 8. The van der Waals surface area contributed by atoms with E-state index in [0.717, 1.165) is 30.2 Å². The summed E-state index contributed by atoms with van der Waals surface area (Å²) in [6.45, 7) is 5.14. The SMILES string of the molecule is COc1ccc(CCNc2nccc(Nc3ccccc3C(C)C)n2)cc1. The lowest BCUT2D eigenvalue weighted by Gasteiger charge is -2.14. The van der Waals surface area contributed by atoms with Crippen molar-refractivity contribution in [2.75, 3.05) is 24.3 Å². The lowest BCUT2D eigenvalue weighted by Crippen LogP contribution is -2.09. The van der Waals surface area contributed by atoms with Gasteiger partial charge in [0.15, 0.2) is 0 Å². The molecule has 3 aromatic rings. The van der Waals surface area contributed by atoms with Gasteiger partial charge in [-0.2, -0.15) is 4.98 Å². The van der Waals surface area contributed by atoms with Crippen molar-refractivity contribution in [3.8, 4) is 5.75 Å². The Bertz CT molecular complexity index is 862. The quantitative estimate of drug-likeness (QED) is 0.590. The molecule has 1 heterocycles. The highest BCUT2D eigenvalue weighted by molar-refractivity contribution is 5.61. The summed E-state index contributed by atoms with van der Waals surface area (Å²) in [4.78, 5) is 8.89. The Morgan fingerprint density at radius 3 is 2.52 bits per heavy atom. The smallest absolute Gasteiger partial charge is 0.224 e. The minimum absolute atomic E-state index is 0.442. The van der Waals surface area contributed by atoms with Crippen molar-refractivity contribution in [3.05, 3.63) is 71.9 Å². The van der Waals surface area contributed by atoms with Crippen molar-refractivity contribution in [2.24, 2.45) is 0 Å². The topological polar surface area (TPSA) is 59.1 Å². The van der Waals surface area contributed by atoms with Crippen LogP contribution >= 0.6 is 0 Å². The average Bonchev–Trinajstić information content (AvgIpc) is 2.69. The van der Waals surface area contributed by atoms with Gasteiger partial charge in [0, 0.05) is 18.4 Å². The summed E-state index contributed by atoms with van der Waals surface area (Å²) in [6.07, 6.45) is 2.66. The monoisotopic (exact) mass is 362 g/mol. The molecule has 5 nitrogen and oxygen atoms in total. The van der Waals surface area contributed by atoms with Crippen molar-refractivity contribution in [1.29, 1.82) is 0 Å². The predicted octanol–water partition coefficient (Wildman–Crippen LogP) is 5.01. The fourth-order valence-electron chi connectivity index (χ4n) is 2.88. The van der Waals surface area contributed by atoms with Crippen LogP contribution in [0.1, 0.15) is 30.9 Å². The van der Waals surface area contributed by atoms with Crippen LogP contribution in [0.25, 0.3) is 0 Å². The van der Waals surface area contributed by atoms with Gasteiger partial charge in [0.05, 0.1) is 7.11 Å². The largest absolute Gasteiger partial charge is 0.497 e. The molecule has 0 saturated carbocycles. The molecule has 0 saturated heterocycles. The molecule has 0 amide bonds. The van der Waals surface area contributed by atoms with Crippen LogP contribution in [-0.4, -0.2) is 23.6 Å². The summed E-state index contributed by atoms with van der Waals surface area (Å²) in [5.74, 6) is 2.72. The summed E-state index contributed by atoms with van der Waals surface area (Å²) < 4.78 is 5.19. The third kappa shape index (κ3) is 5.20. The molecular weight excluding hydrogens is 336 g/mol. The number of ether oxygens (including phenoxy) is 1. The molecule has 0 aliphatic heterocycles. The van der Waals surface area contributed by atoms with Gasteiger partial charge in [-0.05, 0) is 47.7 Å². The zero-order chi connectivity index (χ0) is 19.1. The first kappa shape index (κ1) is 18.7. The zero-order valence-corrected chi connectivity index (χ0v) is 16.1. The minimum atomic E-state index is 0.442. The van der Waals surface area contributed by atoms with E-state index in [1.165, 1.54) is 11.1 Å². The van der Waals surface area contributed by atoms with Crippen LogP contribution in [0.3, 0.4) is 0 Å². The number of aromatic nitrogens is 2. The molecule has 0 spiro atoms. The van der Waals surface area contributed by atoms with E-state index in [1.807, 2.05) is 24.3 Å². The van der Waals surface area contributed by atoms with Crippen LogP contribution in [0.2, 0.25) is 0 Å². The van der Waals surface area contributed by atoms with Crippen molar-refractivity contribution in [2.45, 2.75) is 26.2 Å². The number of nitrogens with zero attached hydrogens (tertiary/aromatic N) is 2. The maximum atomic E-state index is 5.19. The normalized spacial score (nSPS) is 10.7. The van der Waals surface area contributed by atoms with E-state index in [0.29, 0.717) is 11.9 Å². The summed E-state index contributed by atoms with van der Waals surface area (Å²) in [5.41, 5.74) is 3.59. The average molecular weight is 362 g/mol. The second-order valence-electron chi connectivity index (χ2n) is 6.66. The Labute approximate surface area is 160 Å². The summed E-state index contributed by atoms with van der Waals surface area (Å²) in [5, 5.41) is 6.70. The van der Waals surface area contributed by atoms with E-state index in [-0.39, 0.29) is 0 Å². The molecule has 140 valence electrons. The number of nitrogens with one attached hydrogen (secondary N) is 2. The van der Waals surface area contributed by atoms with Crippen LogP contribution in [0.4, 0.5) is 17.5 Å². The molecule has 0 bridgehead atoms. The molecule has 0 atom stereocenters. The van der Waals surface area contributed by atoms with E-state index in [2.05, 4.69) is 64.8 Å². The van der Waals surface area contributed by atoms with Crippen molar-refractivity contribution in [3.63, 3.8) is 0 Å².